The van der Waals surface area contributed by atoms with Gasteiger partial charge in [0.05, 0.1) is 23.1 Å². The standard InChI is InChI=1S/C25H23FN8/c1-15-24(18-5-7-19(26)8-6-18)32-33(13-17-3-4-17)25(15)30-22-11-23(29-14-28-22)34-21-12-27-10-9-20(21)16(2)31-34/h5-12,14,17H,3-4,13H2,1-2H3,(H,28,29,30). The normalized spacial score (nSPS) is 13.5. The fourth-order valence-electron chi connectivity index (χ4n) is 4.21. The minimum Gasteiger partial charge on any atom is -0.325 e. The average molecular weight is 455 g/mol. The number of benzene rings is 1. The maximum Gasteiger partial charge on any atom is 0.159 e. The van der Waals surface area contributed by atoms with E-state index in [9.17, 15) is 4.39 Å². The SMILES string of the molecule is Cc1c(-c2ccc(F)cc2)nn(CC2CC2)c1Nc1cc(-n2nc(C)c3ccncc32)ncn1. The van der Waals surface area contributed by atoms with Crippen LogP contribution in [0, 0.1) is 25.6 Å². The van der Waals surface area contributed by atoms with E-state index in [1.807, 2.05) is 30.7 Å². The number of halogens is 1. The summed E-state index contributed by atoms with van der Waals surface area (Å²) < 4.78 is 17.3. The Hall–Kier alpha value is -4.14. The predicted octanol–water partition coefficient (Wildman–Crippen LogP) is 4.98. The van der Waals surface area contributed by atoms with E-state index in [0.29, 0.717) is 17.6 Å². The lowest BCUT2D eigenvalue weighted by Gasteiger charge is -2.11. The number of fused-ring (bicyclic) bond motifs is 1. The van der Waals surface area contributed by atoms with Crippen molar-refractivity contribution in [3.63, 3.8) is 0 Å². The molecule has 0 atom stereocenters. The number of hydrogen-bond acceptors (Lipinski definition) is 6. The Labute approximate surface area is 195 Å². The second-order valence-electron chi connectivity index (χ2n) is 8.73. The summed E-state index contributed by atoms with van der Waals surface area (Å²) in [6.45, 7) is 4.82. The van der Waals surface area contributed by atoms with Gasteiger partial charge in [-0.25, -0.2) is 23.7 Å². The Morgan fingerprint density at radius 2 is 1.88 bits per heavy atom. The summed E-state index contributed by atoms with van der Waals surface area (Å²) in [6.07, 6.45) is 7.49. The molecule has 0 amide bonds. The smallest absolute Gasteiger partial charge is 0.159 e. The molecule has 1 aliphatic rings. The molecule has 0 radical (unpaired) electrons. The van der Waals surface area contributed by atoms with Crippen LogP contribution >= 0.6 is 0 Å². The molecule has 8 nitrogen and oxygen atoms in total. The van der Waals surface area contributed by atoms with Gasteiger partial charge in [0.2, 0.25) is 0 Å². The van der Waals surface area contributed by atoms with E-state index in [-0.39, 0.29) is 5.82 Å². The number of hydrogen-bond donors (Lipinski definition) is 1. The molecule has 0 spiro atoms. The zero-order chi connectivity index (χ0) is 23.2. The van der Waals surface area contributed by atoms with Crippen molar-refractivity contribution in [2.24, 2.45) is 5.92 Å². The summed E-state index contributed by atoms with van der Waals surface area (Å²) in [7, 11) is 0. The van der Waals surface area contributed by atoms with E-state index in [1.54, 1.807) is 29.2 Å². The largest absolute Gasteiger partial charge is 0.325 e. The van der Waals surface area contributed by atoms with Gasteiger partial charge in [-0.3, -0.25) is 4.98 Å². The quantitative estimate of drug-likeness (QED) is 0.389. The number of anilines is 2. The van der Waals surface area contributed by atoms with Crippen molar-refractivity contribution in [2.45, 2.75) is 33.2 Å². The minimum absolute atomic E-state index is 0.262. The van der Waals surface area contributed by atoms with Gasteiger partial charge in [-0.1, -0.05) is 0 Å². The fourth-order valence-corrected chi connectivity index (χ4v) is 4.21. The highest BCUT2D eigenvalue weighted by Gasteiger charge is 2.25. The third kappa shape index (κ3) is 3.68. The van der Waals surface area contributed by atoms with Gasteiger partial charge in [0.15, 0.2) is 5.82 Å². The van der Waals surface area contributed by atoms with Gasteiger partial charge in [-0.15, -0.1) is 0 Å². The highest BCUT2D eigenvalue weighted by Crippen LogP contribution is 2.35. The summed E-state index contributed by atoms with van der Waals surface area (Å²) in [5.74, 6) is 2.53. The molecule has 1 aromatic carbocycles. The summed E-state index contributed by atoms with van der Waals surface area (Å²) >= 11 is 0. The van der Waals surface area contributed by atoms with E-state index in [0.717, 1.165) is 45.8 Å². The van der Waals surface area contributed by atoms with Crippen molar-refractivity contribution in [2.75, 3.05) is 5.32 Å². The zero-order valence-electron chi connectivity index (χ0n) is 18.9. The van der Waals surface area contributed by atoms with Crippen LogP contribution in [0.25, 0.3) is 28.0 Å². The van der Waals surface area contributed by atoms with Gasteiger partial charge in [-0.2, -0.15) is 10.2 Å². The van der Waals surface area contributed by atoms with Crippen molar-refractivity contribution in [1.29, 1.82) is 0 Å². The molecule has 0 unspecified atom stereocenters. The molecule has 1 aliphatic carbocycles. The molecule has 1 N–H and O–H groups in total. The second-order valence-corrected chi connectivity index (χ2v) is 8.73. The van der Waals surface area contributed by atoms with Gasteiger partial charge in [0.25, 0.3) is 0 Å². The van der Waals surface area contributed by atoms with Crippen molar-refractivity contribution >= 4 is 22.5 Å². The number of nitrogens with zero attached hydrogens (tertiary/aromatic N) is 7. The topological polar surface area (TPSA) is 86.3 Å². The predicted molar refractivity (Wildman–Crippen MR) is 128 cm³/mol. The number of aromatic nitrogens is 7. The highest BCUT2D eigenvalue weighted by atomic mass is 19.1. The Morgan fingerprint density at radius 1 is 1.06 bits per heavy atom. The molecule has 4 aromatic heterocycles. The minimum atomic E-state index is -0.262. The van der Waals surface area contributed by atoms with Crippen molar-refractivity contribution in [3.05, 3.63) is 72.2 Å². The van der Waals surface area contributed by atoms with Crippen LogP contribution in [0.3, 0.4) is 0 Å². The summed E-state index contributed by atoms with van der Waals surface area (Å²) in [5, 5.41) is 14.0. The molecule has 0 saturated heterocycles. The van der Waals surface area contributed by atoms with Gasteiger partial charge in [-0.05, 0) is 62.9 Å². The van der Waals surface area contributed by atoms with E-state index in [2.05, 4.69) is 25.4 Å². The van der Waals surface area contributed by atoms with Crippen LogP contribution in [-0.2, 0) is 6.54 Å². The van der Waals surface area contributed by atoms with Gasteiger partial charge in [0, 0.05) is 35.3 Å². The lowest BCUT2D eigenvalue weighted by atomic mass is 10.1. The maximum absolute atomic E-state index is 13.5. The van der Waals surface area contributed by atoms with E-state index in [1.165, 1.54) is 31.3 Å². The van der Waals surface area contributed by atoms with Crippen molar-refractivity contribution in [3.8, 4) is 17.1 Å². The third-order valence-electron chi connectivity index (χ3n) is 6.22. The Kier molecular flexibility index (Phi) is 4.83. The molecule has 1 fully saturated rings. The number of pyridine rings is 1. The number of aryl methyl sites for hydroxylation is 1. The Bertz CT molecular complexity index is 1500. The molecule has 170 valence electrons. The Balaban J connectivity index is 1.39. The monoisotopic (exact) mass is 454 g/mol. The first-order valence-corrected chi connectivity index (χ1v) is 11.3. The second kappa shape index (κ2) is 8.02. The molecule has 0 aliphatic heterocycles. The molecule has 34 heavy (non-hydrogen) atoms. The van der Waals surface area contributed by atoms with Gasteiger partial charge in [0.1, 0.15) is 23.8 Å². The van der Waals surface area contributed by atoms with Crippen molar-refractivity contribution in [1.82, 2.24) is 34.5 Å². The lowest BCUT2D eigenvalue weighted by Crippen LogP contribution is -2.09. The summed E-state index contributed by atoms with van der Waals surface area (Å²) in [5.41, 5.74) is 4.49. The molecular weight excluding hydrogens is 431 g/mol. The van der Waals surface area contributed by atoms with E-state index < -0.39 is 0 Å². The average Bonchev–Trinajstić information content (AvgIpc) is 3.55. The fraction of sp³-hybridized carbons (Fsp3) is 0.240. The van der Waals surface area contributed by atoms with Crippen LogP contribution in [0.4, 0.5) is 16.0 Å². The molecular formula is C25H23FN8. The Morgan fingerprint density at radius 3 is 2.68 bits per heavy atom. The number of rotatable bonds is 6. The van der Waals surface area contributed by atoms with Crippen LogP contribution in [0.15, 0.2) is 55.1 Å². The van der Waals surface area contributed by atoms with E-state index in [4.69, 9.17) is 5.10 Å². The molecule has 9 heteroatoms. The first-order chi connectivity index (χ1) is 16.6. The zero-order valence-corrected chi connectivity index (χ0v) is 18.9. The summed E-state index contributed by atoms with van der Waals surface area (Å²) in [4.78, 5) is 13.1. The van der Waals surface area contributed by atoms with Crippen LogP contribution in [0.2, 0.25) is 0 Å². The van der Waals surface area contributed by atoms with Crippen LogP contribution in [0.1, 0.15) is 24.1 Å². The third-order valence-corrected chi connectivity index (χ3v) is 6.22. The molecule has 1 saturated carbocycles. The van der Waals surface area contributed by atoms with Gasteiger partial charge >= 0.3 is 0 Å². The molecule has 4 heterocycles. The summed E-state index contributed by atoms with van der Waals surface area (Å²) in [6, 6.07) is 10.3. The molecule has 0 bridgehead atoms. The maximum atomic E-state index is 13.5. The van der Waals surface area contributed by atoms with Crippen LogP contribution in [0.5, 0.6) is 0 Å². The number of nitrogens with one attached hydrogen (secondary N) is 1. The highest BCUT2D eigenvalue weighted by molar-refractivity contribution is 5.82. The first kappa shape index (κ1) is 20.5. The molecule has 6 rings (SSSR count). The van der Waals surface area contributed by atoms with Crippen LogP contribution < -0.4 is 5.32 Å². The van der Waals surface area contributed by atoms with Crippen molar-refractivity contribution < 1.29 is 4.39 Å². The molecule has 5 aromatic rings. The van der Waals surface area contributed by atoms with E-state index >= 15 is 0 Å². The van der Waals surface area contributed by atoms with Gasteiger partial charge < -0.3 is 5.32 Å². The lowest BCUT2D eigenvalue weighted by molar-refractivity contribution is 0.571. The first-order valence-electron chi connectivity index (χ1n) is 11.3. The van der Waals surface area contributed by atoms with Crippen LogP contribution in [-0.4, -0.2) is 34.5 Å².